The molecular weight excluding hydrogens is 180 g/mol. The van der Waals surface area contributed by atoms with Gasteiger partial charge in [0, 0.05) is 0 Å². The van der Waals surface area contributed by atoms with Crippen LogP contribution in [0.5, 0.6) is 0 Å². The Morgan fingerprint density at radius 2 is 1.86 bits per heavy atom. The summed E-state index contributed by atoms with van der Waals surface area (Å²) in [5.41, 5.74) is 0. The third kappa shape index (κ3) is 0.802. The predicted octanol–water partition coefficient (Wildman–Crippen LogP) is 0.765. The third-order valence-electron chi connectivity index (χ3n) is 4.88. The van der Waals surface area contributed by atoms with Crippen LogP contribution in [0.4, 0.5) is 0 Å². The van der Waals surface area contributed by atoms with E-state index in [9.17, 15) is 5.11 Å². The highest BCUT2D eigenvalue weighted by molar-refractivity contribution is 5.06. The highest BCUT2D eigenvalue weighted by Gasteiger charge is 2.60. The summed E-state index contributed by atoms with van der Waals surface area (Å²) in [5, 5.41) is 10.1. The summed E-state index contributed by atoms with van der Waals surface area (Å²) in [6, 6.07) is 0. The lowest BCUT2D eigenvalue weighted by Crippen LogP contribution is -2.49. The number of hydrogen-bond donors (Lipinski definition) is 1. The van der Waals surface area contributed by atoms with E-state index in [0.29, 0.717) is 24.5 Å². The molecule has 2 saturated heterocycles. The average Bonchev–Trinajstić information content (AvgIpc) is 2.89. The lowest BCUT2D eigenvalue weighted by molar-refractivity contribution is -0.202. The van der Waals surface area contributed by atoms with Gasteiger partial charge in [-0.1, -0.05) is 0 Å². The Balaban J connectivity index is 1.74. The molecule has 7 atom stereocenters. The van der Waals surface area contributed by atoms with Gasteiger partial charge < -0.3 is 14.6 Å². The van der Waals surface area contributed by atoms with Crippen molar-refractivity contribution in [1.82, 2.24) is 0 Å². The predicted molar refractivity (Wildman–Crippen MR) is 48.4 cm³/mol. The summed E-state index contributed by atoms with van der Waals surface area (Å²) < 4.78 is 11.2. The normalized spacial score (nSPS) is 64.5. The number of rotatable bonds is 0. The van der Waals surface area contributed by atoms with Crippen molar-refractivity contribution in [3.8, 4) is 0 Å². The van der Waals surface area contributed by atoms with Crippen molar-refractivity contribution in [3.05, 3.63) is 0 Å². The first-order valence-electron chi connectivity index (χ1n) is 5.80. The van der Waals surface area contributed by atoms with E-state index in [4.69, 9.17) is 9.47 Å². The van der Waals surface area contributed by atoms with Crippen LogP contribution in [-0.4, -0.2) is 30.2 Å². The van der Waals surface area contributed by atoms with Gasteiger partial charge in [0.05, 0.1) is 12.7 Å². The molecule has 2 saturated carbocycles. The molecule has 4 unspecified atom stereocenters. The monoisotopic (exact) mass is 196 g/mol. The second-order valence-corrected chi connectivity index (χ2v) is 5.35. The molecule has 2 aliphatic carbocycles. The first-order valence-corrected chi connectivity index (χ1v) is 5.80. The molecule has 14 heavy (non-hydrogen) atoms. The van der Waals surface area contributed by atoms with E-state index in [2.05, 4.69) is 0 Å². The van der Waals surface area contributed by atoms with Gasteiger partial charge in [0.25, 0.3) is 0 Å². The van der Waals surface area contributed by atoms with E-state index in [-0.39, 0.29) is 12.4 Å². The number of aliphatic hydroxyl groups is 1. The molecule has 0 radical (unpaired) electrons. The standard InChI is InChI=1S/C11H16O3/c12-10-9-6-2-1-5(3-6)8(9)7-4-13-11(10)14-7/h5-12H,1-4H2/t5-,6+,7?,8?,9?,10-,11?/m1/s1. The van der Waals surface area contributed by atoms with E-state index in [1.165, 1.54) is 19.3 Å². The summed E-state index contributed by atoms with van der Waals surface area (Å²) in [5.74, 6) is 2.66. The number of aliphatic hydroxyl groups excluding tert-OH is 1. The van der Waals surface area contributed by atoms with Crippen molar-refractivity contribution >= 4 is 0 Å². The van der Waals surface area contributed by atoms with Crippen molar-refractivity contribution in [2.24, 2.45) is 23.7 Å². The van der Waals surface area contributed by atoms with Crippen LogP contribution in [0.25, 0.3) is 0 Å². The Kier molecular flexibility index (Phi) is 1.45. The molecule has 4 aliphatic rings. The van der Waals surface area contributed by atoms with Gasteiger partial charge in [-0.05, 0) is 42.9 Å². The largest absolute Gasteiger partial charge is 0.388 e. The maximum atomic E-state index is 10.1. The van der Waals surface area contributed by atoms with Crippen molar-refractivity contribution in [2.75, 3.05) is 6.61 Å². The third-order valence-corrected chi connectivity index (χ3v) is 4.88. The minimum Gasteiger partial charge on any atom is -0.388 e. The molecule has 3 nitrogen and oxygen atoms in total. The molecule has 3 heteroatoms. The SMILES string of the molecule is O[C@H]1C2OCC(O2)C2C1[C@H]1CC[C@@H]2C1. The first kappa shape index (κ1) is 8.08. The summed E-state index contributed by atoms with van der Waals surface area (Å²) in [4.78, 5) is 0. The number of fused-ring (bicyclic) bond motifs is 8. The molecule has 0 aromatic rings. The zero-order valence-electron chi connectivity index (χ0n) is 8.13. The van der Waals surface area contributed by atoms with Gasteiger partial charge in [-0.3, -0.25) is 0 Å². The van der Waals surface area contributed by atoms with Crippen molar-refractivity contribution < 1.29 is 14.6 Å². The molecule has 0 aromatic carbocycles. The smallest absolute Gasteiger partial charge is 0.184 e. The van der Waals surface area contributed by atoms with E-state index in [0.717, 1.165) is 11.8 Å². The van der Waals surface area contributed by atoms with E-state index < -0.39 is 0 Å². The Morgan fingerprint density at radius 1 is 1.07 bits per heavy atom. The fourth-order valence-corrected chi connectivity index (χ4v) is 4.44. The quantitative estimate of drug-likeness (QED) is 0.622. The van der Waals surface area contributed by atoms with E-state index in [1.807, 2.05) is 0 Å². The molecular formula is C11H16O3. The fraction of sp³-hybridized carbons (Fsp3) is 1.00. The summed E-state index contributed by atoms with van der Waals surface area (Å²) in [6.45, 7) is 0.714. The Hall–Kier alpha value is -0.120. The maximum Gasteiger partial charge on any atom is 0.184 e. The zero-order valence-corrected chi connectivity index (χ0v) is 8.13. The first-order chi connectivity index (χ1) is 6.84. The number of ether oxygens (including phenoxy) is 2. The van der Waals surface area contributed by atoms with Gasteiger partial charge in [0.2, 0.25) is 0 Å². The van der Waals surface area contributed by atoms with Gasteiger partial charge in [0.15, 0.2) is 6.29 Å². The van der Waals surface area contributed by atoms with Crippen LogP contribution in [0, 0.1) is 23.7 Å². The molecule has 0 aromatic heterocycles. The highest BCUT2D eigenvalue weighted by atomic mass is 16.7. The van der Waals surface area contributed by atoms with Crippen LogP contribution in [0.15, 0.2) is 0 Å². The minimum atomic E-state index is -0.353. The molecule has 4 rings (SSSR count). The van der Waals surface area contributed by atoms with Crippen molar-refractivity contribution in [2.45, 2.75) is 37.8 Å². The lowest BCUT2D eigenvalue weighted by atomic mass is 9.72. The zero-order chi connectivity index (χ0) is 9.28. The van der Waals surface area contributed by atoms with Gasteiger partial charge in [-0.2, -0.15) is 0 Å². The van der Waals surface area contributed by atoms with Crippen LogP contribution in [0.1, 0.15) is 19.3 Å². The van der Waals surface area contributed by atoms with E-state index >= 15 is 0 Å². The van der Waals surface area contributed by atoms with Crippen molar-refractivity contribution in [3.63, 3.8) is 0 Å². The van der Waals surface area contributed by atoms with Crippen LogP contribution in [-0.2, 0) is 9.47 Å². The Bertz CT molecular complexity index is 257. The van der Waals surface area contributed by atoms with Gasteiger partial charge in [0.1, 0.15) is 6.10 Å². The topological polar surface area (TPSA) is 38.7 Å². The molecule has 0 amide bonds. The van der Waals surface area contributed by atoms with Gasteiger partial charge in [-0.15, -0.1) is 0 Å². The maximum absolute atomic E-state index is 10.1. The Labute approximate surface area is 83.4 Å². The molecule has 78 valence electrons. The average molecular weight is 196 g/mol. The lowest BCUT2D eigenvalue weighted by Gasteiger charge is -2.41. The molecule has 2 aliphatic heterocycles. The molecule has 0 spiro atoms. The second-order valence-electron chi connectivity index (χ2n) is 5.35. The van der Waals surface area contributed by atoms with Crippen LogP contribution >= 0.6 is 0 Å². The van der Waals surface area contributed by atoms with E-state index in [1.54, 1.807) is 0 Å². The van der Waals surface area contributed by atoms with Crippen molar-refractivity contribution in [1.29, 1.82) is 0 Å². The summed E-state index contributed by atoms with van der Waals surface area (Å²) in [6.07, 6.45) is 3.64. The van der Waals surface area contributed by atoms with Gasteiger partial charge >= 0.3 is 0 Å². The minimum absolute atomic E-state index is 0.295. The molecule has 4 fully saturated rings. The molecule has 1 N–H and O–H groups in total. The fourth-order valence-electron chi connectivity index (χ4n) is 4.44. The number of hydrogen-bond acceptors (Lipinski definition) is 3. The highest BCUT2D eigenvalue weighted by Crippen LogP contribution is 2.58. The molecule has 2 heterocycles. The summed E-state index contributed by atoms with van der Waals surface area (Å²) >= 11 is 0. The Morgan fingerprint density at radius 3 is 2.71 bits per heavy atom. The van der Waals surface area contributed by atoms with Crippen LogP contribution in [0.2, 0.25) is 0 Å². The van der Waals surface area contributed by atoms with Crippen LogP contribution < -0.4 is 0 Å². The second kappa shape index (κ2) is 2.52. The molecule has 4 bridgehead atoms. The summed E-state index contributed by atoms with van der Waals surface area (Å²) in [7, 11) is 0. The van der Waals surface area contributed by atoms with Gasteiger partial charge in [-0.25, -0.2) is 0 Å². The van der Waals surface area contributed by atoms with Crippen LogP contribution in [0.3, 0.4) is 0 Å².